The molecule has 0 amide bonds. The van der Waals surface area contributed by atoms with Gasteiger partial charge in [-0.15, -0.1) is 0 Å². The highest BCUT2D eigenvalue weighted by molar-refractivity contribution is 6.62. The Kier molecular flexibility index (Phi) is 7.73. The first kappa shape index (κ1) is 15.9. The Morgan fingerprint density at radius 3 is 1.40 bits per heavy atom. The van der Waals surface area contributed by atoms with Gasteiger partial charge in [0.1, 0.15) is 9.52 Å². The van der Waals surface area contributed by atoms with Crippen molar-refractivity contribution in [3.8, 4) is 0 Å². The van der Waals surface area contributed by atoms with Gasteiger partial charge in [-0.3, -0.25) is 4.79 Å². The second kappa shape index (κ2) is 7.29. The highest BCUT2D eigenvalue weighted by atomic mass is 35.5. The Labute approximate surface area is 121 Å². The average molecular weight is 349 g/mol. The molecule has 0 rings (SSSR count). The molecular weight excluding hydrogens is 348 g/mol. The SMILES string of the molecule is O=CC(Cl)=C(Cl)C(Cl)=C(Cl)C(Cl)=C(Cl)Cl. The maximum atomic E-state index is 10.3. The smallest absolute Gasteiger partial charge is 0.162 e. The Balaban J connectivity index is 5.50. The third-order valence-electron chi connectivity index (χ3n) is 1.06. The van der Waals surface area contributed by atoms with Crippen LogP contribution in [0.3, 0.4) is 0 Å². The van der Waals surface area contributed by atoms with Gasteiger partial charge >= 0.3 is 0 Å². The lowest BCUT2D eigenvalue weighted by Gasteiger charge is -2.02. The van der Waals surface area contributed by atoms with Crippen LogP contribution in [-0.2, 0) is 4.79 Å². The van der Waals surface area contributed by atoms with Gasteiger partial charge in [-0.05, 0) is 0 Å². The molecule has 0 saturated heterocycles. The monoisotopic (exact) mass is 346 g/mol. The lowest BCUT2D eigenvalue weighted by Crippen LogP contribution is -1.85. The highest BCUT2D eigenvalue weighted by Gasteiger charge is 2.14. The van der Waals surface area contributed by atoms with Gasteiger partial charge in [-0.2, -0.15) is 0 Å². The molecular formula is C7HCl7O. The van der Waals surface area contributed by atoms with E-state index in [1.165, 1.54) is 0 Å². The summed E-state index contributed by atoms with van der Waals surface area (Å²) in [5, 5.41) is -1.18. The molecule has 0 aromatic heterocycles. The van der Waals surface area contributed by atoms with E-state index in [0.29, 0.717) is 6.29 Å². The Hall–Kier alpha value is 0.920. The molecule has 8 heteroatoms. The van der Waals surface area contributed by atoms with Crippen LogP contribution in [0.5, 0.6) is 0 Å². The van der Waals surface area contributed by atoms with Gasteiger partial charge in [0.15, 0.2) is 6.29 Å². The second-order valence-electron chi connectivity index (χ2n) is 1.98. The van der Waals surface area contributed by atoms with Gasteiger partial charge in [-0.1, -0.05) is 81.2 Å². The maximum Gasteiger partial charge on any atom is 0.162 e. The molecule has 0 aliphatic carbocycles. The fourth-order valence-electron chi connectivity index (χ4n) is 0.432. The van der Waals surface area contributed by atoms with Crippen molar-refractivity contribution in [2.75, 3.05) is 0 Å². The van der Waals surface area contributed by atoms with E-state index in [0.717, 1.165) is 0 Å². The van der Waals surface area contributed by atoms with Crippen molar-refractivity contribution in [1.29, 1.82) is 0 Å². The molecule has 0 radical (unpaired) electrons. The van der Waals surface area contributed by atoms with Gasteiger partial charge in [0.05, 0.1) is 20.1 Å². The van der Waals surface area contributed by atoms with Gasteiger partial charge in [0, 0.05) is 0 Å². The molecule has 0 atom stereocenters. The molecule has 0 saturated carbocycles. The molecule has 0 spiro atoms. The third-order valence-corrected chi connectivity index (χ3v) is 3.82. The topological polar surface area (TPSA) is 17.1 Å². The first-order chi connectivity index (χ1) is 6.82. The molecule has 1 nitrogen and oxygen atoms in total. The number of carbonyl (C=O) groups is 1. The minimum absolute atomic E-state index is 0.196. The number of rotatable bonds is 3. The van der Waals surface area contributed by atoms with Crippen LogP contribution in [0.25, 0.3) is 0 Å². The minimum Gasteiger partial charge on any atom is -0.297 e. The minimum atomic E-state index is -0.310. The molecule has 0 unspecified atom stereocenters. The zero-order valence-electron chi connectivity index (χ0n) is 6.63. The lowest BCUT2D eigenvalue weighted by molar-refractivity contribution is -0.104. The number of allylic oxidation sites excluding steroid dienone is 5. The highest BCUT2D eigenvalue weighted by Crippen LogP contribution is 2.36. The fraction of sp³-hybridized carbons (Fsp3) is 0. The van der Waals surface area contributed by atoms with Crippen molar-refractivity contribution < 1.29 is 4.79 Å². The molecule has 0 aromatic carbocycles. The Morgan fingerprint density at radius 2 is 1.07 bits per heavy atom. The van der Waals surface area contributed by atoms with E-state index in [2.05, 4.69) is 0 Å². The van der Waals surface area contributed by atoms with E-state index < -0.39 is 0 Å². The predicted octanol–water partition coefficient (Wildman–Crippen LogP) is 5.45. The number of aldehydes is 1. The van der Waals surface area contributed by atoms with Crippen molar-refractivity contribution in [3.05, 3.63) is 29.7 Å². The van der Waals surface area contributed by atoms with E-state index in [1.54, 1.807) is 0 Å². The summed E-state index contributed by atoms with van der Waals surface area (Å²) < 4.78 is -0.286. The lowest BCUT2D eigenvalue weighted by atomic mass is 10.4. The molecule has 84 valence electrons. The number of halogens is 7. The average Bonchev–Trinajstić information content (AvgIpc) is 2.23. The van der Waals surface area contributed by atoms with E-state index in [-0.39, 0.29) is 29.7 Å². The molecule has 0 fully saturated rings. The van der Waals surface area contributed by atoms with E-state index in [4.69, 9.17) is 81.2 Å². The number of hydrogen-bond acceptors (Lipinski definition) is 1. The van der Waals surface area contributed by atoms with Gasteiger partial charge in [0.25, 0.3) is 0 Å². The Morgan fingerprint density at radius 1 is 0.667 bits per heavy atom. The molecule has 15 heavy (non-hydrogen) atoms. The van der Waals surface area contributed by atoms with Crippen LogP contribution in [0.2, 0.25) is 0 Å². The van der Waals surface area contributed by atoms with Crippen molar-refractivity contribution in [1.82, 2.24) is 0 Å². The second-order valence-corrected chi connectivity index (χ2v) is 4.85. The zero-order chi connectivity index (χ0) is 12.2. The van der Waals surface area contributed by atoms with E-state index in [1.807, 2.05) is 0 Å². The molecule has 0 aliphatic heterocycles. The van der Waals surface area contributed by atoms with E-state index in [9.17, 15) is 4.79 Å². The van der Waals surface area contributed by atoms with Crippen LogP contribution in [0.4, 0.5) is 0 Å². The largest absolute Gasteiger partial charge is 0.297 e. The van der Waals surface area contributed by atoms with Crippen LogP contribution in [0.15, 0.2) is 29.7 Å². The summed E-state index contributed by atoms with van der Waals surface area (Å²) in [6.45, 7) is 0. The number of carbonyl (C=O) groups excluding carboxylic acids is 1. The third kappa shape index (κ3) is 4.74. The van der Waals surface area contributed by atoms with Crippen molar-refractivity contribution >= 4 is 87.5 Å². The van der Waals surface area contributed by atoms with Gasteiger partial charge < -0.3 is 0 Å². The summed E-state index contributed by atoms with van der Waals surface area (Å²) in [6.07, 6.45) is 0.302. The van der Waals surface area contributed by atoms with Crippen LogP contribution in [0, 0.1) is 0 Å². The molecule has 0 bridgehead atoms. The summed E-state index contributed by atoms with van der Waals surface area (Å²) in [7, 11) is 0. The summed E-state index contributed by atoms with van der Waals surface area (Å²) in [4.78, 5) is 10.3. The quantitative estimate of drug-likeness (QED) is 0.376. The van der Waals surface area contributed by atoms with Crippen LogP contribution < -0.4 is 0 Å². The number of hydrogen-bond donors (Lipinski definition) is 0. The molecule has 0 aromatic rings. The first-order valence-electron chi connectivity index (χ1n) is 3.10. The summed E-state index contributed by atoms with van der Waals surface area (Å²) in [5.41, 5.74) is 0. The van der Waals surface area contributed by atoms with Crippen molar-refractivity contribution in [2.24, 2.45) is 0 Å². The molecule has 0 aliphatic rings. The zero-order valence-corrected chi connectivity index (χ0v) is 11.9. The predicted molar refractivity (Wildman–Crippen MR) is 68.1 cm³/mol. The van der Waals surface area contributed by atoms with Gasteiger partial charge in [-0.25, -0.2) is 0 Å². The summed E-state index contributed by atoms with van der Waals surface area (Å²) in [5.74, 6) is 0. The summed E-state index contributed by atoms with van der Waals surface area (Å²) in [6, 6.07) is 0. The van der Waals surface area contributed by atoms with Crippen molar-refractivity contribution in [3.63, 3.8) is 0 Å². The van der Waals surface area contributed by atoms with Crippen LogP contribution >= 0.6 is 81.2 Å². The van der Waals surface area contributed by atoms with E-state index >= 15 is 0 Å². The van der Waals surface area contributed by atoms with Crippen LogP contribution in [0.1, 0.15) is 0 Å². The summed E-state index contributed by atoms with van der Waals surface area (Å²) >= 11 is 38.7. The molecule has 0 N–H and O–H groups in total. The van der Waals surface area contributed by atoms with Gasteiger partial charge in [0.2, 0.25) is 0 Å². The normalized spacial score (nSPS) is 14.1. The van der Waals surface area contributed by atoms with Crippen molar-refractivity contribution in [2.45, 2.75) is 0 Å². The molecule has 0 heterocycles. The first-order valence-corrected chi connectivity index (χ1v) is 5.74. The maximum absolute atomic E-state index is 10.3. The fourth-order valence-corrected chi connectivity index (χ4v) is 1.58. The van der Waals surface area contributed by atoms with Crippen LogP contribution in [-0.4, -0.2) is 6.29 Å². The standard InChI is InChI=1S/C7HCl7O/c8-2(1-15)3(9)4(10)5(11)6(12)7(13)14/h1H. The Bertz CT molecular complexity index is 362.